The van der Waals surface area contributed by atoms with Gasteiger partial charge in [0.25, 0.3) is 5.56 Å². The molecule has 0 bridgehead atoms. The molecule has 192 valence electrons. The minimum Gasteiger partial charge on any atom is -0.370 e. The van der Waals surface area contributed by atoms with Crippen LogP contribution < -0.4 is 15.8 Å². The van der Waals surface area contributed by atoms with E-state index in [-0.39, 0.29) is 24.1 Å². The quantitative estimate of drug-likeness (QED) is 0.558. The lowest BCUT2D eigenvalue weighted by atomic mass is 9.72. The second-order valence-corrected chi connectivity index (χ2v) is 11.4. The van der Waals surface area contributed by atoms with Crippen LogP contribution in [0.2, 0.25) is 5.02 Å². The van der Waals surface area contributed by atoms with Crippen molar-refractivity contribution >= 4 is 28.7 Å². The summed E-state index contributed by atoms with van der Waals surface area (Å²) in [7, 11) is 2.21. The lowest BCUT2D eigenvalue weighted by Gasteiger charge is -2.47. The van der Waals surface area contributed by atoms with E-state index in [2.05, 4.69) is 28.4 Å². The van der Waals surface area contributed by atoms with Crippen LogP contribution in [0.4, 0.5) is 5.69 Å². The number of carbonyl (C=O) groups excluding carboxylic acids is 1. The Balaban J connectivity index is 1.54. The first-order valence-corrected chi connectivity index (χ1v) is 13.4. The molecule has 8 heteroatoms. The predicted octanol–water partition coefficient (Wildman–Crippen LogP) is 4.26. The molecular weight excluding hydrogens is 474 g/mol. The Kier molecular flexibility index (Phi) is 6.88. The Labute approximate surface area is 217 Å². The minimum absolute atomic E-state index is 0.00236. The molecule has 3 aromatic rings. The largest absolute Gasteiger partial charge is 0.370 e. The van der Waals surface area contributed by atoms with E-state index in [0.717, 1.165) is 37.4 Å². The van der Waals surface area contributed by atoms with Crippen molar-refractivity contribution in [3.05, 3.63) is 58.1 Å². The number of fused-ring (bicyclic) bond motifs is 1. The van der Waals surface area contributed by atoms with Crippen LogP contribution in [-0.2, 0) is 11.3 Å². The van der Waals surface area contributed by atoms with Gasteiger partial charge >= 0.3 is 0 Å². The molecule has 1 aromatic carbocycles. The average molecular weight is 510 g/mol. The molecule has 1 N–H and O–H groups in total. The van der Waals surface area contributed by atoms with E-state index in [4.69, 9.17) is 11.6 Å². The van der Waals surface area contributed by atoms with Gasteiger partial charge in [-0.1, -0.05) is 23.7 Å². The van der Waals surface area contributed by atoms with E-state index < -0.39 is 0 Å². The van der Waals surface area contributed by atoms with Crippen molar-refractivity contribution in [1.29, 1.82) is 0 Å². The van der Waals surface area contributed by atoms with Crippen molar-refractivity contribution in [2.45, 2.75) is 52.1 Å². The summed E-state index contributed by atoms with van der Waals surface area (Å²) in [6, 6.07) is 9.41. The molecule has 2 aromatic heterocycles. The highest BCUT2D eigenvalue weighted by molar-refractivity contribution is 6.30. The number of piperidine rings is 2. The van der Waals surface area contributed by atoms with Gasteiger partial charge in [0.1, 0.15) is 12.1 Å². The molecule has 0 radical (unpaired) electrons. The number of carbonyl (C=O) groups is 1. The zero-order valence-corrected chi connectivity index (χ0v) is 22.2. The third-order valence-corrected chi connectivity index (χ3v) is 8.03. The van der Waals surface area contributed by atoms with E-state index in [0.29, 0.717) is 21.6 Å². The Morgan fingerprint density at radius 3 is 2.61 bits per heavy atom. The molecule has 2 aliphatic rings. The number of rotatable bonds is 5. The summed E-state index contributed by atoms with van der Waals surface area (Å²) in [5.74, 6) is -0.188. The van der Waals surface area contributed by atoms with Crippen LogP contribution in [0.25, 0.3) is 16.8 Å². The third-order valence-electron chi connectivity index (χ3n) is 7.80. The van der Waals surface area contributed by atoms with Gasteiger partial charge in [-0.3, -0.25) is 14.2 Å². The van der Waals surface area contributed by atoms with Crippen LogP contribution in [0.5, 0.6) is 0 Å². The lowest BCUT2D eigenvalue weighted by molar-refractivity contribution is -0.122. The van der Waals surface area contributed by atoms with Gasteiger partial charge in [0, 0.05) is 42.1 Å². The molecule has 36 heavy (non-hydrogen) atoms. The molecule has 2 saturated heterocycles. The number of hydrogen-bond acceptors (Lipinski definition) is 4. The van der Waals surface area contributed by atoms with Crippen molar-refractivity contribution in [1.82, 2.24) is 19.2 Å². The number of likely N-dealkylation sites (tertiary alicyclic amines) is 1. The molecule has 2 aliphatic heterocycles. The molecule has 4 heterocycles. The van der Waals surface area contributed by atoms with Crippen molar-refractivity contribution in [2.75, 3.05) is 38.1 Å². The normalized spacial score (nSPS) is 18.3. The van der Waals surface area contributed by atoms with Crippen molar-refractivity contribution in [2.24, 2.45) is 5.41 Å². The fourth-order valence-electron chi connectivity index (χ4n) is 5.84. The molecule has 0 atom stereocenters. The van der Waals surface area contributed by atoms with Crippen LogP contribution in [0.1, 0.15) is 39.5 Å². The number of nitrogens with zero attached hydrogens (tertiary/aromatic N) is 4. The van der Waals surface area contributed by atoms with Crippen molar-refractivity contribution in [3.8, 4) is 11.3 Å². The monoisotopic (exact) mass is 509 g/mol. The number of nitrogens with one attached hydrogen (secondary N) is 1. The number of anilines is 1. The highest BCUT2D eigenvalue weighted by atomic mass is 35.5. The maximum absolute atomic E-state index is 13.8. The van der Waals surface area contributed by atoms with Gasteiger partial charge in [-0.25, -0.2) is 0 Å². The average Bonchev–Trinajstić information content (AvgIpc) is 3.27. The van der Waals surface area contributed by atoms with Crippen LogP contribution in [0, 0.1) is 5.41 Å². The van der Waals surface area contributed by atoms with Gasteiger partial charge in [0.05, 0.1) is 11.4 Å². The Morgan fingerprint density at radius 1 is 1.11 bits per heavy atom. The molecule has 1 amide bonds. The van der Waals surface area contributed by atoms with Gasteiger partial charge < -0.3 is 19.5 Å². The molecule has 2 fully saturated rings. The summed E-state index contributed by atoms with van der Waals surface area (Å²) in [4.78, 5) is 31.3. The Bertz CT molecular complexity index is 1320. The highest BCUT2D eigenvalue weighted by Crippen LogP contribution is 2.41. The summed E-state index contributed by atoms with van der Waals surface area (Å²) < 4.78 is 3.48. The van der Waals surface area contributed by atoms with E-state index >= 15 is 0 Å². The van der Waals surface area contributed by atoms with E-state index in [1.165, 1.54) is 25.7 Å². The summed E-state index contributed by atoms with van der Waals surface area (Å²) in [5.41, 5.74) is 3.31. The number of aromatic nitrogens is 2. The number of halogens is 1. The number of hydrogen-bond donors (Lipinski definition) is 1. The smallest absolute Gasteiger partial charge is 0.275 e. The predicted molar refractivity (Wildman–Crippen MR) is 146 cm³/mol. The molecular formula is C28H36ClN5O2. The van der Waals surface area contributed by atoms with Crippen LogP contribution in [-0.4, -0.2) is 59.0 Å². The topological polar surface area (TPSA) is 62.0 Å². The van der Waals surface area contributed by atoms with Gasteiger partial charge in [0.15, 0.2) is 0 Å². The fraction of sp³-hybridized carbons (Fsp3) is 0.500. The summed E-state index contributed by atoms with van der Waals surface area (Å²) >= 11 is 6.28. The molecule has 0 saturated carbocycles. The molecule has 7 nitrogen and oxygen atoms in total. The Morgan fingerprint density at radius 2 is 1.89 bits per heavy atom. The van der Waals surface area contributed by atoms with Crippen molar-refractivity contribution < 1.29 is 4.79 Å². The highest BCUT2D eigenvalue weighted by Gasteiger charge is 2.38. The van der Waals surface area contributed by atoms with E-state index in [1.807, 2.05) is 48.7 Å². The van der Waals surface area contributed by atoms with Crippen LogP contribution >= 0.6 is 11.6 Å². The first-order valence-electron chi connectivity index (χ1n) is 13.0. The SMILES string of the molecule is CC(C)NC(=O)Cn1c(-c2cccc(Cl)c2)cn2cc(N3CCCC4(CCN(C)CC4)C3)cc2c1=O. The molecule has 5 rings (SSSR count). The fourth-order valence-corrected chi connectivity index (χ4v) is 6.03. The van der Waals surface area contributed by atoms with E-state index in [9.17, 15) is 9.59 Å². The molecule has 1 spiro atoms. The summed E-state index contributed by atoms with van der Waals surface area (Å²) in [6.45, 7) is 8.11. The molecule has 0 unspecified atom stereocenters. The van der Waals surface area contributed by atoms with Crippen LogP contribution in [0.15, 0.2) is 47.5 Å². The van der Waals surface area contributed by atoms with Gasteiger partial charge in [-0.2, -0.15) is 0 Å². The second-order valence-electron chi connectivity index (χ2n) is 11.0. The third kappa shape index (κ3) is 5.04. The second kappa shape index (κ2) is 9.94. The van der Waals surface area contributed by atoms with Gasteiger partial charge in [0.2, 0.25) is 5.91 Å². The van der Waals surface area contributed by atoms with E-state index in [1.54, 1.807) is 10.6 Å². The maximum atomic E-state index is 13.8. The zero-order chi connectivity index (χ0) is 25.4. The van der Waals surface area contributed by atoms with Crippen LogP contribution in [0.3, 0.4) is 0 Å². The Hall–Kier alpha value is -2.77. The zero-order valence-electron chi connectivity index (χ0n) is 21.5. The lowest BCUT2D eigenvalue weighted by Crippen LogP contribution is -2.48. The van der Waals surface area contributed by atoms with Crippen molar-refractivity contribution in [3.63, 3.8) is 0 Å². The minimum atomic E-state index is -0.188. The number of amides is 1. The maximum Gasteiger partial charge on any atom is 0.275 e. The summed E-state index contributed by atoms with van der Waals surface area (Å²) in [5, 5.41) is 3.49. The standard InChI is InChI=1S/C28H36ClN5O2/c1-20(2)30-26(35)18-34-25(21-6-4-7-22(29)14-21)17-33-16-23(15-24(33)27(34)36)32-11-5-8-28(19-32)9-12-31(3)13-10-28/h4,6-7,14-17,20H,5,8-13,18-19H2,1-3H3,(H,30,35). The summed E-state index contributed by atoms with van der Waals surface area (Å²) in [6.07, 6.45) is 8.92. The first-order chi connectivity index (χ1) is 17.2. The van der Waals surface area contributed by atoms with Gasteiger partial charge in [-0.05, 0) is 83.3 Å². The first kappa shape index (κ1) is 24.9. The molecule has 0 aliphatic carbocycles. The van der Waals surface area contributed by atoms with Gasteiger partial charge in [-0.15, -0.1) is 0 Å². The number of benzene rings is 1.